The number of Topliss-reactive ketones (excluding diaryl/α,β-unsaturated/α-hetero) is 3. The molecule has 6 nitrogen and oxygen atoms in total. The van der Waals surface area contributed by atoms with Gasteiger partial charge in [0.25, 0.3) is 5.78 Å². The maximum atomic E-state index is 11.4. The molecule has 0 saturated heterocycles. The molecule has 0 N–H and O–H groups in total. The topological polar surface area (TPSA) is 94.3 Å². The van der Waals surface area contributed by atoms with Gasteiger partial charge in [0.15, 0.2) is 0 Å². The zero-order valence-corrected chi connectivity index (χ0v) is 7.84. The van der Waals surface area contributed by atoms with Gasteiger partial charge in [-0.1, -0.05) is 0 Å². The third kappa shape index (κ3) is 1.28. The Hall–Kier alpha value is -1.59. The van der Waals surface area contributed by atoms with E-state index in [1.54, 1.807) is 0 Å². The van der Waals surface area contributed by atoms with Crippen molar-refractivity contribution in [1.82, 2.24) is 0 Å². The van der Waals surface area contributed by atoms with Crippen LogP contribution in [0.5, 0.6) is 0 Å². The Bertz CT molecular complexity index is 375. The van der Waals surface area contributed by atoms with Crippen LogP contribution in [0.2, 0.25) is 0 Å². The van der Waals surface area contributed by atoms with Crippen molar-refractivity contribution in [2.24, 2.45) is 11.8 Å². The van der Waals surface area contributed by atoms with E-state index in [4.69, 9.17) is 0 Å². The van der Waals surface area contributed by atoms with Crippen LogP contribution in [0.15, 0.2) is 0 Å². The molecule has 0 aromatic carbocycles. The molecule has 0 aliphatic heterocycles. The predicted molar refractivity (Wildman–Crippen MR) is 46.6 cm³/mol. The van der Waals surface area contributed by atoms with Gasteiger partial charge >= 0.3 is 0 Å². The molecule has 0 spiro atoms. The molecule has 0 amide bonds. The SMILES string of the molecule is O=C1C(=O)C2CCCC([N+](=O)[O-])C2C1=O. The zero-order chi connectivity index (χ0) is 11.2. The highest BCUT2D eigenvalue weighted by Gasteiger charge is 2.57. The van der Waals surface area contributed by atoms with Crippen molar-refractivity contribution in [1.29, 1.82) is 0 Å². The molecular formula is C9H9NO5. The highest BCUT2D eigenvalue weighted by Crippen LogP contribution is 2.37. The minimum Gasteiger partial charge on any atom is -0.290 e. The molecule has 80 valence electrons. The number of hydrogen-bond acceptors (Lipinski definition) is 5. The zero-order valence-electron chi connectivity index (χ0n) is 7.84. The van der Waals surface area contributed by atoms with Crippen LogP contribution >= 0.6 is 0 Å². The lowest BCUT2D eigenvalue weighted by Gasteiger charge is -2.24. The molecule has 6 heteroatoms. The van der Waals surface area contributed by atoms with Gasteiger partial charge in [0, 0.05) is 17.3 Å². The van der Waals surface area contributed by atoms with Crippen LogP contribution in [0.25, 0.3) is 0 Å². The van der Waals surface area contributed by atoms with Gasteiger partial charge in [0.2, 0.25) is 17.6 Å². The molecule has 2 fully saturated rings. The number of nitro groups is 1. The Morgan fingerprint density at radius 1 is 1.13 bits per heavy atom. The molecule has 2 saturated carbocycles. The summed E-state index contributed by atoms with van der Waals surface area (Å²) in [6.07, 6.45) is 1.23. The summed E-state index contributed by atoms with van der Waals surface area (Å²) in [4.78, 5) is 44.0. The molecule has 2 aliphatic rings. The monoisotopic (exact) mass is 211 g/mol. The quantitative estimate of drug-likeness (QED) is 0.339. The van der Waals surface area contributed by atoms with Gasteiger partial charge in [-0.2, -0.15) is 0 Å². The summed E-state index contributed by atoms with van der Waals surface area (Å²) in [5.74, 6) is -4.34. The highest BCUT2D eigenvalue weighted by molar-refractivity contribution is 6.68. The highest BCUT2D eigenvalue weighted by atomic mass is 16.6. The number of carbonyl (C=O) groups is 3. The van der Waals surface area contributed by atoms with Crippen LogP contribution in [-0.4, -0.2) is 28.3 Å². The molecule has 3 atom stereocenters. The first-order valence-electron chi connectivity index (χ1n) is 4.80. The number of carbonyl (C=O) groups excluding carboxylic acids is 3. The Morgan fingerprint density at radius 2 is 1.80 bits per heavy atom. The minimum absolute atomic E-state index is 0.278. The van der Waals surface area contributed by atoms with E-state index in [1.807, 2.05) is 0 Å². The number of hydrogen-bond donors (Lipinski definition) is 0. The smallest absolute Gasteiger partial charge is 0.264 e. The lowest BCUT2D eigenvalue weighted by Crippen LogP contribution is -2.39. The van der Waals surface area contributed by atoms with Gasteiger partial charge < -0.3 is 0 Å². The van der Waals surface area contributed by atoms with Crippen molar-refractivity contribution in [3.8, 4) is 0 Å². The molecule has 2 aliphatic carbocycles. The second-order valence-corrected chi connectivity index (χ2v) is 3.97. The summed E-state index contributed by atoms with van der Waals surface area (Å²) in [5, 5.41) is 10.7. The Morgan fingerprint density at radius 3 is 2.40 bits per heavy atom. The fourth-order valence-corrected chi connectivity index (χ4v) is 2.50. The number of fused-ring (bicyclic) bond motifs is 1. The number of ketones is 3. The third-order valence-corrected chi connectivity index (χ3v) is 3.22. The molecule has 0 aromatic heterocycles. The molecule has 15 heavy (non-hydrogen) atoms. The van der Waals surface area contributed by atoms with Crippen molar-refractivity contribution in [3.63, 3.8) is 0 Å². The van der Waals surface area contributed by atoms with Gasteiger partial charge in [-0.05, 0) is 12.8 Å². The van der Waals surface area contributed by atoms with Gasteiger partial charge in [-0.3, -0.25) is 24.5 Å². The van der Waals surface area contributed by atoms with Crippen LogP contribution in [0.3, 0.4) is 0 Å². The van der Waals surface area contributed by atoms with Crippen molar-refractivity contribution in [2.75, 3.05) is 0 Å². The summed E-state index contributed by atoms with van der Waals surface area (Å²) >= 11 is 0. The van der Waals surface area contributed by atoms with E-state index in [0.717, 1.165) is 0 Å². The molecular weight excluding hydrogens is 202 g/mol. The summed E-state index contributed by atoms with van der Waals surface area (Å²) in [6.45, 7) is 0. The van der Waals surface area contributed by atoms with Gasteiger partial charge in [-0.15, -0.1) is 0 Å². The molecule has 0 aromatic rings. The largest absolute Gasteiger partial charge is 0.290 e. The predicted octanol–water partition coefficient (Wildman–Crippen LogP) is -0.231. The number of nitrogens with zero attached hydrogens (tertiary/aromatic N) is 1. The van der Waals surface area contributed by atoms with Crippen LogP contribution in [0.4, 0.5) is 0 Å². The Balaban J connectivity index is 2.36. The normalized spacial score (nSPS) is 35.5. The first kappa shape index (κ1) is 9.95. The van der Waals surface area contributed by atoms with Crippen LogP contribution in [0, 0.1) is 22.0 Å². The summed E-state index contributed by atoms with van der Waals surface area (Å²) < 4.78 is 0. The van der Waals surface area contributed by atoms with Crippen LogP contribution in [0.1, 0.15) is 19.3 Å². The molecule has 0 heterocycles. The maximum Gasteiger partial charge on any atom is 0.264 e. The lowest BCUT2D eigenvalue weighted by atomic mass is 9.77. The average molecular weight is 211 g/mol. The molecule has 0 radical (unpaired) electrons. The van der Waals surface area contributed by atoms with E-state index in [2.05, 4.69) is 0 Å². The van der Waals surface area contributed by atoms with Crippen molar-refractivity contribution >= 4 is 17.3 Å². The van der Waals surface area contributed by atoms with E-state index < -0.39 is 40.2 Å². The first-order chi connectivity index (χ1) is 7.04. The molecule has 2 rings (SSSR count). The summed E-state index contributed by atoms with van der Waals surface area (Å²) in [7, 11) is 0. The Labute approximate surface area is 84.8 Å². The fraction of sp³-hybridized carbons (Fsp3) is 0.667. The van der Waals surface area contributed by atoms with E-state index in [9.17, 15) is 24.5 Å². The van der Waals surface area contributed by atoms with Crippen LogP contribution in [-0.2, 0) is 14.4 Å². The maximum absolute atomic E-state index is 11.4. The summed E-state index contributed by atoms with van der Waals surface area (Å²) in [6, 6.07) is -1.05. The second-order valence-electron chi connectivity index (χ2n) is 3.97. The second kappa shape index (κ2) is 3.22. The van der Waals surface area contributed by atoms with E-state index >= 15 is 0 Å². The van der Waals surface area contributed by atoms with Gasteiger partial charge in [0.1, 0.15) is 5.92 Å². The van der Waals surface area contributed by atoms with Crippen LogP contribution < -0.4 is 0 Å². The first-order valence-corrected chi connectivity index (χ1v) is 4.80. The van der Waals surface area contributed by atoms with Crippen molar-refractivity contribution < 1.29 is 19.3 Å². The van der Waals surface area contributed by atoms with E-state index in [0.29, 0.717) is 12.8 Å². The average Bonchev–Trinajstić information content (AvgIpc) is 2.44. The minimum atomic E-state index is -1.05. The summed E-state index contributed by atoms with van der Waals surface area (Å²) in [5.41, 5.74) is 0. The van der Waals surface area contributed by atoms with E-state index in [-0.39, 0.29) is 6.42 Å². The standard InChI is InChI=1S/C9H9NO5/c11-7-4-2-1-3-5(10(14)15)6(4)8(12)9(7)13/h4-6H,1-3H2. The van der Waals surface area contributed by atoms with Crippen molar-refractivity contribution in [3.05, 3.63) is 10.1 Å². The third-order valence-electron chi connectivity index (χ3n) is 3.22. The Kier molecular flexibility index (Phi) is 2.13. The van der Waals surface area contributed by atoms with Gasteiger partial charge in [-0.25, -0.2) is 0 Å². The fourth-order valence-electron chi connectivity index (χ4n) is 2.50. The number of rotatable bonds is 1. The molecule has 3 unspecified atom stereocenters. The lowest BCUT2D eigenvalue weighted by molar-refractivity contribution is -0.533. The molecule has 0 bridgehead atoms. The van der Waals surface area contributed by atoms with Gasteiger partial charge in [0.05, 0.1) is 0 Å². The van der Waals surface area contributed by atoms with Crippen molar-refractivity contribution in [2.45, 2.75) is 25.3 Å². The van der Waals surface area contributed by atoms with E-state index in [1.165, 1.54) is 0 Å².